The first-order valence-corrected chi connectivity index (χ1v) is 11.0. The highest BCUT2D eigenvalue weighted by atomic mass is 35.5. The fourth-order valence-electron chi connectivity index (χ4n) is 2.64. The Labute approximate surface area is 166 Å². The molecule has 3 rings (SSSR count). The molecule has 27 heavy (non-hydrogen) atoms. The molecular formula is C18H18ClN3O3S2. The largest absolute Gasteiger partial charge is 0.298 e. The maximum absolute atomic E-state index is 12.7. The molecule has 0 aliphatic carbocycles. The zero-order chi connectivity index (χ0) is 19.6. The molecule has 3 aromatic rings. The molecule has 2 aromatic carbocycles. The van der Waals surface area contributed by atoms with Gasteiger partial charge in [0.15, 0.2) is 5.13 Å². The van der Waals surface area contributed by atoms with E-state index in [2.05, 4.69) is 10.3 Å². The van der Waals surface area contributed by atoms with E-state index in [0.29, 0.717) is 39.0 Å². The average molecular weight is 424 g/mol. The van der Waals surface area contributed by atoms with Crippen LogP contribution in [0.25, 0.3) is 10.2 Å². The Morgan fingerprint density at radius 2 is 1.89 bits per heavy atom. The van der Waals surface area contributed by atoms with Gasteiger partial charge in [0.05, 0.1) is 25.7 Å². The molecule has 9 heteroatoms. The third kappa shape index (κ3) is 3.98. The van der Waals surface area contributed by atoms with Crippen LogP contribution in [0.4, 0.5) is 5.13 Å². The Hall–Kier alpha value is -2.00. The second-order valence-corrected chi connectivity index (χ2v) is 9.05. The molecule has 1 N–H and O–H groups in total. The van der Waals surface area contributed by atoms with E-state index in [0.717, 1.165) is 0 Å². The Balaban J connectivity index is 1.90. The first-order valence-electron chi connectivity index (χ1n) is 8.33. The quantitative estimate of drug-likeness (QED) is 0.643. The highest BCUT2D eigenvalue weighted by Crippen LogP contribution is 2.30. The van der Waals surface area contributed by atoms with Crippen molar-refractivity contribution in [1.29, 1.82) is 0 Å². The predicted octanol–water partition coefficient (Wildman–Crippen LogP) is 4.23. The first-order chi connectivity index (χ1) is 12.9. The Morgan fingerprint density at radius 3 is 2.56 bits per heavy atom. The van der Waals surface area contributed by atoms with Crippen LogP contribution in [0.15, 0.2) is 47.4 Å². The van der Waals surface area contributed by atoms with Gasteiger partial charge in [0.25, 0.3) is 5.91 Å². The smallest absolute Gasteiger partial charge is 0.258 e. The monoisotopic (exact) mass is 423 g/mol. The van der Waals surface area contributed by atoms with Crippen LogP contribution >= 0.6 is 22.9 Å². The molecule has 0 fully saturated rings. The normalized spacial score (nSPS) is 11.9. The molecule has 0 aliphatic rings. The van der Waals surface area contributed by atoms with Crippen LogP contribution < -0.4 is 5.32 Å². The van der Waals surface area contributed by atoms with Crippen molar-refractivity contribution < 1.29 is 13.2 Å². The van der Waals surface area contributed by atoms with Crippen LogP contribution in [0.5, 0.6) is 0 Å². The van der Waals surface area contributed by atoms with Gasteiger partial charge in [0, 0.05) is 13.1 Å². The summed E-state index contributed by atoms with van der Waals surface area (Å²) in [6.45, 7) is 4.40. The van der Waals surface area contributed by atoms with Gasteiger partial charge in [-0.2, -0.15) is 4.31 Å². The van der Waals surface area contributed by atoms with E-state index in [-0.39, 0.29) is 10.8 Å². The zero-order valence-corrected chi connectivity index (χ0v) is 17.2. The fourth-order valence-corrected chi connectivity index (χ4v) is 5.32. The number of carbonyl (C=O) groups is 1. The van der Waals surface area contributed by atoms with E-state index in [9.17, 15) is 13.2 Å². The van der Waals surface area contributed by atoms with Gasteiger partial charge in [-0.15, -0.1) is 0 Å². The van der Waals surface area contributed by atoms with Gasteiger partial charge in [-0.3, -0.25) is 10.1 Å². The number of rotatable bonds is 6. The Kier molecular flexibility index (Phi) is 5.81. The highest BCUT2D eigenvalue weighted by Gasteiger charge is 2.22. The van der Waals surface area contributed by atoms with Crippen molar-refractivity contribution in [3.8, 4) is 0 Å². The number of fused-ring (bicyclic) bond motifs is 1. The van der Waals surface area contributed by atoms with E-state index >= 15 is 0 Å². The molecule has 142 valence electrons. The number of hydrogen-bond acceptors (Lipinski definition) is 5. The summed E-state index contributed by atoms with van der Waals surface area (Å²) < 4.78 is 27.4. The molecule has 1 aromatic heterocycles. The van der Waals surface area contributed by atoms with Gasteiger partial charge >= 0.3 is 0 Å². The lowest BCUT2D eigenvalue weighted by Gasteiger charge is -2.18. The Morgan fingerprint density at radius 1 is 1.19 bits per heavy atom. The van der Waals surface area contributed by atoms with Crippen LogP contribution in [0, 0.1) is 0 Å². The molecule has 1 heterocycles. The molecule has 0 spiro atoms. The van der Waals surface area contributed by atoms with Gasteiger partial charge in [-0.1, -0.05) is 48.9 Å². The summed E-state index contributed by atoms with van der Waals surface area (Å²) in [5, 5.41) is 3.45. The minimum Gasteiger partial charge on any atom is -0.298 e. The molecule has 0 radical (unpaired) electrons. The van der Waals surface area contributed by atoms with E-state index < -0.39 is 10.0 Å². The molecule has 0 aliphatic heterocycles. The van der Waals surface area contributed by atoms with Gasteiger partial charge < -0.3 is 0 Å². The maximum Gasteiger partial charge on any atom is 0.258 e. The number of anilines is 1. The molecule has 1 amide bonds. The molecule has 0 atom stereocenters. The number of nitrogens with one attached hydrogen (secondary N) is 1. The molecule has 0 unspecified atom stereocenters. The maximum atomic E-state index is 12.7. The van der Waals surface area contributed by atoms with Crippen molar-refractivity contribution in [1.82, 2.24) is 9.29 Å². The van der Waals surface area contributed by atoms with E-state index in [4.69, 9.17) is 11.6 Å². The number of benzene rings is 2. The van der Waals surface area contributed by atoms with E-state index in [1.165, 1.54) is 21.7 Å². The van der Waals surface area contributed by atoms with Crippen LogP contribution in [0.3, 0.4) is 0 Å². The average Bonchev–Trinajstić information content (AvgIpc) is 3.04. The molecular weight excluding hydrogens is 406 g/mol. The lowest BCUT2D eigenvalue weighted by molar-refractivity contribution is 0.102. The van der Waals surface area contributed by atoms with E-state index in [1.54, 1.807) is 50.2 Å². The summed E-state index contributed by atoms with van der Waals surface area (Å²) in [6.07, 6.45) is 0. The van der Waals surface area contributed by atoms with Crippen LogP contribution in [0.1, 0.15) is 24.2 Å². The highest BCUT2D eigenvalue weighted by molar-refractivity contribution is 7.89. The van der Waals surface area contributed by atoms with Crippen LogP contribution in [-0.4, -0.2) is 36.7 Å². The van der Waals surface area contributed by atoms with Crippen molar-refractivity contribution in [2.24, 2.45) is 0 Å². The molecule has 0 saturated carbocycles. The summed E-state index contributed by atoms with van der Waals surface area (Å²) in [5.41, 5.74) is 0.969. The number of hydrogen-bond donors (Lipinski definition) is 1. The lowest BCUT2D eigenvalue weighted by atomic mass is 10.2. The standard InChI is InChI=1S/C18H18ClN3O3S2/c1-3-22(4-2)27(24,25)12-9-10-15-16(11-12)26-18(20-15)21-17(23)13-7-5-6-8-14(13)19/h5-11H,3-4H2,1-2H3,(H,20,21,23). The summed E-state index contributed by atoms with van der Waals surface area (Å²) in [7, 11) is -3.55. The second-order valence-electron chi connectivity index (χ2n) is 5.67. The van der Waals surface area contributed by atoms with Crippen molar-refractivity contribution in [3.63, 3.8) is 0 Å². The van der Waals surface area contributed by atoms with E-state index in [1.807, 2.05) is 0 Å². The van der Waals surface area contributed by atoms with Gasteiger partial charge in [-0.05, 0) is 30.3 Å². The van der Waals surface area contributed by atoms with Crippen molar-refractivity contribution >= 4 is 54.2 Å². The zero-order valence-electron chi connectivity index (χ0n) is 14.8. The number of halogens is 1. The van der Waals surface area contributed by atoms with Gasteiger partial charge in [-0.25, -0.2) is 13.4 Å². The summed E-state index contributed by atoms with van der Waals surface area (Å²) in [4.78, 5) is 16.9. The fraction of sp³-hybridized carbons (Fsp3) is 0.222. The van der Waals surface area contributed by atoms with Gasteiger partial charge in [0.2, 0.25) is 10.0 Å². The summed E-state index contributed by atoms with van der Waals surface area (Å²) >= 11 is 7.26. The van der Waals surface area contributed by atoms with Crippen LogP contribution in [-0.2, 0) is 10.0 Å². The third-order valence-corrected chi connectivity index (χ3v) is 7.35. The van der Waals surface area contributed by atoms with Crippen molar-refractivity contribution in [2.45, 2.75) is 18.7 Å². The first kappa shape index (κ1) is 19.8. The van der Waals surface area contributed by atoms with Crippen molar-refractivity contribution in [3.05, 3.63) is 53.1 Å². The summed E-state index contributed by atoms with van der Waals surface area (Å²) in [5.74, 6) is -0.365. The minimum absolute atomic E-state index is 0.214. The lowest BCUT2D eigenvalue weighted by Crippen LogP contribution is -2.30. The predicted molar refractivity (Wildman–Crippen MR) is 109 cm³/mol. The van der Waals surface area contributed by atoms with Crippen LogP contribution in [0.2, 0.25) is 5.02 Å². The summed E-state index contributed by atoms with van der Waals surface area (Å²) in [6, 6.07) is 11.5. The van der Waals surface area contributed by atoms with Gasteiger partial charge in [0.1, 0.15) is 0 Å². The topological polar surface area (TPSA) is 79.4 Å². The molecule has 0 bridgehead atoms. The number of carbonyl (C=O) groups excluding carboxylic acids is 1. The number of sulfonamides is 1. The number of nitrogens with zero attached hydrogens (tertiary/aromatic N) is 2. The molecule has 6 nitrogen and oxygen atoms in total. The minimum atomic E-state index is -3.55. The Bertz CT molecular complexity index is 1090. The second kappa shape index (κ2) is 7.93. The molecule has 0 saturated heterocycles. The third-order valence-electron chi connectivity index (χ3n) is 4.04. The SMILES string of the molecule is CCN(CC)S(=O)(=O)c1ccc2nc(NC(=O)c3ccccc3Cl)sc2c1. The number of aromatic nitrogens is 1. The number of amides is 1. The van der Waals surface area contributed by atoms with Crippen molar-refractivity contribution in [2.75, 3.05) is 18.4 Å². The number of thiazole rings is 1.